The first-order valence-corrected chi connectivity index (χ1v) is 8.14. The van der Waals surface area contributed by atoms with Crippen LogP contribution in [0, 0.1) is 13.8 Å². The van der Waals surface area contributed by atoms with E-state index in [1.54, 1.807) is 10.9 Å². The Bertz CT molecular complexity index is 1030. The van der Waals surface area contributed by atoms with Crippen LogP contribution in [0.1, 0.15) is 36.6 Å². The maximum Gasteiger partial charge on any atom is 0.293 e. The first kappa shape index (κ1) is 16.9. The second-order valence-corrected chi connectivity index (χ2v) is 6.56. The van der Waals surface area contributed by atoms with Gasteiger partial charge in [-0.3, -0.25) is 9.59 Å². The molecule has 3 aromatic rings. The minimum absolute atomic E-state index is 0.0691. The summed E-state index contributed by atoms with van der Waals surface area (Å²) in [6.45, 7) is 7.74. The lowest BCUT2D eigenvalue weighted by atomic mass is 10.1. The highest BCUT2D eigenvalue weighted by Crippen LogP contribution is 2.23. The number of aryl methyl sites for hydroxylation is 2. The van der Waals surface area contributed by atoms with E-state index in [0.717, 1.165) is 21.5 Å². The molecule has 0 aliphatic heterocycles. The first-order valence-electron chi connectivity index (χ1n) is 8.14. The zero-order chi connectivity index (χ0) is 18.3. The molecule has 1 aromatic carbocycles. The van der Waals surface area contributed by atoms with E-state index in [4.69, 9.17) is 5.73 Å². The van der Waals surface area contributed by atoms with Crippen LogP contribution in [0.25, 0.3) is 16.6 Å². The normalized spacial score (nSPS) is 11.4. The maximum absolute atomic E-state index is 12.9. The van der Waals surface area contributed by atoms with Crippen molar-refractivity contribution in [2.75, 3.05) is 0 Å². The van der Waals surface area contributed by atoms with Crippen molar-refractivity contribution >= 4 is 16.8 Å². The van der Waals surface area contributed by atoms with Gasteiger partial charge in [0, 0.05) is 5.39 Å². The van der Waals surface area contributed by atoms with Gasteiger partial charge in [-0.25, -0.2) is 9.36 Å². The van der Waals surface area contributed by atoms with Crippen LogP contribution in [-0.4, -0.2) is 25.5 Å². The Hall–Kier alpha value is -2.96. The molecule has 2 N–H and O–H groups in total. The summed E-state index contributed by atoms with van der Waals surface area (Å²) in [4.78, 5) is 24.2. The lowest BCUT2D eigenvalue weighted by molar-refractivity contribution is -0.118. The standard InChI is InChI=1S/C18H21N5O2/c1-10(2)16-14-8-20-23(13-6-5-11(3)12(4)7-13)17(14)18(25)22(21-16)9-15(19)24/h5-8,10H,9H2,1-4H3,(H2,19,24). The van der Waals surface area contributed by atoms with Gasteiger partial charge in [0.15, 0.2) is 0 Å². The molecule has 0 bridgehead atoms. The molecular formula is C18H21N5O2. The summed E-state index contributed by atoms with van der Waals surface area (Å²) in [7, 11) is 0. The third-order valence-electron chi connectivity index (χ3n) is 4.30. The average molecular weight is 339 g/mol. The predicted octanol–water partition coefficient (Wildman–Crippen LogP) is 1.81. The highest BCUT2D eigenvalue weighted by atomic mass is 16.2. The molecule has 7 nitrogen and oxygen atoms in total. The lowest BCUT2D eigenvalue weighted by Gasteiger charge is -2.11. The third-order valence-corrected chi connectivity index (χ3v) is 4.30. The van der Waals surface area contributed by atoms with Crippen molar-refractivity contribution in [3.05, 3.63) is 51.6 Å². The van der Waals surface area contributed by atoms with Gasteiger partial charge in [0.2, 0.25) is 5.91 Å². The summed E-state index contributed by atoms with van der Waals surface area (Å²) >= 11 is 0. The summed E-state index contributed by atoms with van der Waals surface area (Å²) < 4.78 is 2.73. The Balaban J connectivity index is 2.34. The molecule has 0 radical (unpaired) electrons. The first-order chi connectivity index (χ1) is 11.8. The van der Waals surface area contributed by atoms with Crippen LogP contribution in [-0.2, 0) is 11.3 Å². The van der Waals surface area contributed by atoms with Crippen LogP contribution >= 0.6 is 0 Å². The van der Waals surface area contributed by atoms with Crippen molar-refractivity contribution in [1.29, 1.82) is 0 Å². The summed E-state index contributed by atoms with van der Waals surface area (Å²) in [5, 5.41) is 9.43. The van der Waals surface area contributed by atoms with Crippen LogP contribution in [0.5, 0.6) is 0 Å². The zero-order valence-corrected chi connectivity index (χ0v) is 14.8. The number of hydrogen-bond acceptors (Lipinski definition) is 4. The lowest BCUT2D eigenvalue weighted by Crippen LogP contribution is -2.32. The number of nitrogens with two attached hydrogens (primary N) is 1. The quantitative estimate of drug-likeness (QED) is 0.784. The molecule has 0 fully saturated rings. The molecule has 130 valence electrons. The Morgan fingerprint density at radius 3 is 2.56 bits per heavy atom. The fraction of sp³-hybridized carbons (Fsp3) is 0.333. The van der Waals surface area contributed by atoms with Crippen molar-refractivity contribution < 1.29 is 4.79 Å². The van der Waals surface area contributed by atoms with Crippen molar-refractivity contribution in [3.63, 3.8) is 0 Å². The van der Waals surface area contributed by atoms with Crippen LogP contribution in [0.15, 0.2) is 29.2 Å². The van der Waals surface area contributed by atoms with E-state index in [2.05, 4.69) is 10.2 Å². The number of carbonyl (C=O) groups is 1. The fourth-order valence-electron chi connectivity index (χ4n) is 2.83. The maximum atomic E-state index is 12.9. The monoisotopic (exact) mass is 339 g/mol. The van der Waals surface area contributed by atoms with Crippen molar-refractivity contribution in [1.82, 2.24) is 19.6 Å². The number of fused-ring (bicyclic) bond motifs is 1. The SMILES string of the molecule is Cc1ccc(-n2ncc3c(C(C)C)nn(CC(N)=O)c(=O)c32)cc1C. The van der Waals surface area contributed by atoms with Gasteiger partial charge in [-0.15, -0.1) is 0 Å². The zero-order valence-electron chi connectivity index (χ0n) is 14.8. The Kier molecular flexibility index (Phi) is 4.16. The molecule has 0 spiro atoms. The third kappa shape index (κ3) is 2.93. The van der Waals surface area contributed by atoms with E-state index in [-0.39, 0.29) is 18.0 Å². The van der Waals surface area contributed by atoms with Crippen molar-refractivity contribution in [2.24, 2.45) is 5.73 Å². The van der Waals surface area contributed by atoms with E-state index in [1.807, 2.05) is 45.9 Å². The number of nitrogens with zero attached hydrogens (tertiary/aromatic N) is 4. The number of amides is 1. The van der Waals surface area contributed by atoms with Gasteiger partial charge in [0.05, 0.1) is 17.6 Å². The molecule has 0 unspecified atom stereocenters. The largest absolute Gasteiger partial charge is 0.368 e. The Labute approximate surface area is 145 Å². The van der Waals surface area contributed by atoms with E-state index in [1.165, 1.54) is 0 Å². The molecule has 0 aliphatic carbocycles. The van der Waals surface area contributed by atoms with Gasteiger partial charge in [-0.2, -0.15) is 10.2 Å². The van der Waals surface area contributed by atoms with Gasteiger partial charge < -0.3 is 5.73 Å². The van der Waals surface area contributed by atoms with E-state index in [9.17, 15) is 9.59 Å². The molecule has 1 amide bonds. The Morgan fingerprint density at radius 2 is 1.96 bits per heavy atom. The summed E-state index contributed by atoms with van der Waals surface area (Å²) in [5.74, 6) is -0.541. The molecule has 0 aliphatic rings. The highest BCUT2D eigenvalue weighted by Gasteiger charge is 2.19. The van der Waals surface area contributed by atoms with Gasteiger partial charge in [0.1, 0.15) is 12.1 Å². The summed E-state index contributed by atoms with van der Waals surface area (Å²) in [5.41, 5.74) is 9.07. The smallest absolute Gasteiger partial charge is 0.293 e. The molecule has 3 rings (SSSR count). The van der Waals surface area contributed by atoms with Gasteiger partial charge in [0.25, 0.3) is 5.56 Å². The van der Waals surface area contributed by atoms with Gasteiger partial charge in [-0.1, -0.05) is 19.9 Å². The Morgan fingerprint density at radius 1 is 1.24 bits per heavy atom. The average Bonchev–Trinajstić information content (AvgIpc) is 2.97. The molecule has 0 saturated heterocycles. The molecule has 2 aromatic heterocycles. The molecular weight excluding hydrogens is 318 g/mol. The van der Waals surface area contributed by atoms with Gasteiger partial charge >= 0.3 is 0 Å². The van der Waals surface area contributed by atoms with Crippen LogP contribution in [0.3, 0.4) is 0 Å². The van der Waals surface area contributed by atoms with Crippen LogP contribution in [0.4, 0.5) is 0 Å². The predicted molar refractivity (Wildman–Crippen MR) is 95.9 cm³/mol. The van der Waals surface area contributed by atoms with Gasteiger partial charge in [-0.05, 0) is 43.0 Å². The minimum atomic E-state index is -0.610. The second-order valence-electron chi connectivity index (χ2n) is 6.56. The molecule has 0 saturated carbocycles. The second kappa shape index (κ2) is 6.16. The number of hydrogen-bond donors (Lipinski definition) is 1. The summed E-state index contributed by atoms with van der Waals surface area (Å²) in [6.07, 6.45) is 1.66. The number of carbonyl (C=O) groups excluding carboxylic acids is 1. The number of primary amides is 1. The van der Waals surface area contributed by atoms with Crippen LogP contribution in [0.2, 0.25) is 0 Å². The highest BCUT2D eigenvalue weighted by molar-refractivity contribution is 5.82. The molecule has 0 atom stereocenters. The van der Waals surface area contributed by atoms with E-state index >= 15 is 0 Å². The fourth-order valence-corrected chi connectivity index (χ4v) is 2.83. The van der Waals surface area contributed by atoms with E-state index in [0.29, 0.717) is 16.6 Å². The molecule has 7 heteroatoms. The topological polar surface area (TPSA) is 95.8 Å². The van der Waals surface area contributed by atoms with Crippen molar-refractivity contribution in [3.8, 4) is 5.69 Å². The minimum Gasteiger partial charge on any atom is -0.368 e. The summed E-state index contributed by atoms with van der Waals surface area (Å²) in [6, 6.07) is 5.89. The van der Waals surface area contributed by atoms with E-state index < -0.39 is 5.91 Å². The number of benzene rings is 1. The molecule has 25 heavy (non-hydrogen) atoms. The molecule has 2 heterocycles. The van der Waals surface area contributed by atoms with Crippen molar-refractivity contribution in [2.45, 2.75) is 40.2 Å². The number of aromatic nitrogens is 4. The number of rotatable bonds is 4. The van der Waals surface area contributed by atoms with Crippen LogP contribution < -0.4 is 11.3 Å².